The Labute approximate surface area is 128 Å². The van der Waals surface area contributed by atoms with Gasteiger partial charge < -0.3 is 15.5 Å². The summed E-state index contributed by atoms with van der Waals surface area (Å²) in [5.41, 5.74) is 7.88. The number of nitrogens with zero attached hydrogens (tertiary/aromatic N) is 3. The molecular weight excluding hydrogens is 284 g/mol. The van der Waals surface area contributed by atoms with Crippen LogP contribution in [0.25, 0.3) is 10.2 Å². The summed E-state index contributed by atoms with van der Waals surface area (Å²) in [5, 5.41) is 0.924. The summed E-state index contributed by atoms with van der Waals surface area (Å²) in [7, 11) is 2.08. The van der Waals surface area contributed by atoms with Gasteiger partial charge in [-0.15, -0.1) is 11.3 Å². The summed E-state index contributed by atoms with van der Waals surface area (Å²) < 4.78 is 0. The van der Waals surface area contributed by atoms with Gasteiger partial charge in [-0.25, -0.2) is 4.98 Å². The van der Waals surface area contributed by atoms with Gasteiger partial charge in [0.05, 0.1) is 5.69 Å². The smallest absolute Gasteiger partial charge is 0.266 e. The quantitative estimate of drug-likeness (QED) is 0.875. The summed E-state index contributed by atoms with van der Waals surface area (Å²) >= 11 is 1.40. The van der Waals surface area contributed by atoms with Gasteiger partial charge in [0.1, 0.15) is 9.71 Å². The summed E-state index contributed by atoms with van der Waals surface area (Å²) in [6.07, 6.45) is 1.76. The van der Waals surface area contributed by atoms with E-state index in [9.17, 15) is 4.79 Å². The van der Waals surface area contributed by atoms with Crippen molar-refractivity contribution in [3.63, 3.8) is 0 Å². The topological polar surface area (TPSA) is 62.5 Å². The van der Waals surface area contributed by atoms with Crippen LogP contribution < -0.4 is 5.73 Å². The van der Waals surface area contributed by atoms with E-state index in [4.69, 9.17) is 5.73 Å². The zero-order chi connectivity index (χ0) is 15.1. The van der Waals surface area contributed by atoms with Crippen molar-refractivity contribution in [1.29, 1.82) is 0 Å². The molecule has 21 heavy (non-hydrogen) atoms. The van der Waals surface area contributed by atoms with E-state index < -0.39 is 0 Å². The summed E-state index contributed by atoms with van der Waals surface area (Å²) in [5.74, 6) is 0.0375. The molecule has 0 radical (unpaired) electrons. The van der Waals surface area contributed by atoms with Gasteiger partial charge in [0.15, 0.2) is 0 Å². The highest BCUT2D eigenvalue weighted by Crippen LogP contribution is 2.35. The Balaban J connectivity index is 1.99. The Kier molecular flexibility index (Phi) is 3.59. The lowest BCUT2D eigenvalue weighted by Crippen LogP contribution is -2.52. The first-order valence-corrected chi connectivity index (χ1v) is 7.93. The number of hydrogen-bond acceptors (Lipinski definition) is 5. The Morgan fingerprint density at radius 3 is 2.90 bits per heavy atom. The average molecular weight is 304 g/mol. The number of aryl methyl sites for hydroxylation is 1. The fourth-order valence-corrected chi connectivity index (χ4v) is 4.03. The third-order valence-electron chi connectivity index (χ3n) is 4.12. The molecule has 6 heteroatoms. The molecule has 1 aliphatic rings. The number of piperazine rings is 1. The lowest BCUT2D eigenvalue weighted by Gasteiger charge is -2.38. The fourth-order valence-electron chi connectivity index (χ4n) is 2.93. The highest BCUT2D eigenvalue weighted by Gasteiger charge is 2.29. The van der Waals surface area contributed by atoms with Crippen LogP contribution in [0.2, 0.25) is 0 Å². The van der Waals surface area contributed by atoms with Crippen LogP contribution in [0.4, 0.5) is 5.69 Å². The Morgan fingerprint density at radius 2 is 2.24 bits per heavy atom. The molecule has 1 atom stereocenters. The van der Waals surface area contributed by atoms with Crippen LogP contribution in [0.15, 0.2) is 12.3 Å². The molecule has 3 rings (SSSR count). The molecule has 2 N–H and O–H groups in total. The van der Waals surface area contributed by atoms with E-state index in [0.29, 0.717) is 10.6 Å². The monoisotopic (exact) mass is 304 g/mol. The van der Waals surface area contributed by atoms with Gasteiger partial charge in [0, 0.05) is 37.3 Å². The van der Waals surface area contributed by atoms with Crippen LogP contribution in [0, 0.1) is 6.92 Å². The highest BCUT2D eigenvalue weighted by atomic mass is 32.1. The van der Waals surface area contributed by atoms with Crippen molar-refractivity contribution >= 4 is 33.1 Å². The number of hydrogen-bond donors (Lipinski definition) is 1. The van der Waals surface area contributed by atoms with Crippen LogP contribution in [0.5, 0.6) is 0 Å². The Morgan fingerprint density at radius 1 is 1.48 bits per heavy atom. The largest absolute Gasteiger partial charge is 0.397 e. The number of rotatable bonds is 1. The van der Waals surface area contributed by atoms with Gasteiger partial charge in [-0.1, -0.05) is 0 Å². The molecular formula is C15H20N4OS. The molecule has 2 aromatic heterocycles. The molecule has 0 saturated carbocycles. The number of aromatic nitrogens is 1. The van der Waals surface area contributed by atoms with Crippen molar-refractivity contribution in [1.82, 2.24) is 14.8 Å². The number of fused-ring (bicyclic) bond motifs is 1. The summed E-state index contributed by atoms with van der Waals surface area (Å²) in [4.78, 5) is 22.8. The number of carbonyl (C=O) groups excluding carboxylic acids is 1. The maximum absolute atomic E-state index is 12.8. The van der Waals surface area contributed by atoms with Crippen LogP contribution >= 0.6 is 11.3 Å². The second-order valence-electron chi connectivity index (χ2n) is 5.76. The van der Waals surface area contributed by atoms with Crippen molar-refractivity contribution in [2.45, 2.75) is 19.9 Å². The zero-order valence-corrected chi connectivity index (χ0v) is 13.4. The van der Waals surface area contributed by atoms with E-state index in [0.717, 1.165) is 35.4 Å². The maximum Gasteiger partial charge on any atom is 0.266 e. The number of anilines is 1. The molecule has 0 aromatic carbocycles. The third kappa shape index (κ3) is 2.38. The normalized spacial score (nSPS) is 20.1. The second-order valence-corrected chi connectivity index (χ2v) is 6.76. The van der Waals surface area contributed by atoms with E-state index in [1.54, 1.807) is 6.20 Å². The highest BCUT2D eigenvalue weighted by molar-refractivity contribution is 7.21. The fraction of sp³-hybridized carbons (Fsp3) is 0.467. The van der Waals surface area contributed by atoms with Crippen LogP contribution in [0.1, 0.15) is 22.2 Å². The second kappa shape index (κ2) is 5.27. The first kappa shape index (κ1) is 14.3. The lowest BCUT2D eigenvalue weighted by molar-refractivity contribution is 0.0539. The molecule has 1 saturated heterocycles. The van der Waals surface area contributed by atoms with Gasteiger partial charge in [0.2, 0.25) is 0 Å². The van der Waals surface area contributed by atoms with Crippen LogP contribution in [-0.2, 0) is 0 Å². The van der Waals surface area contributed by atoms with Gasteiger partial charge in [-0.3, -0.25) is 4.79 Å². The van der Waals surface area contributed by atoms with Gasteiger partial charge in [-0.05, 0) is 32.5 Å². The minimum Gasteiger partial charge on any atom is -0.397 e. The number of carbonyl (C=O) groups is 1. The molecule has 1 amide bonds. The van der Waals surface area contributed by atoms with Gasteiger partial charge in [0.25, 0.3) is 5.91 Å². The van der Waals surface area contributed by atoms with Gasteiger partial charge >= 0.3 is 0 Å². The molecule has 2 aromatic rings. The molecule has 1 unspecified atom stereocenters. The first-order chi connectivity index (χ1) is 9.99. The third-order valence-corrected chi connectivity index (χ3v) is 5.22. The molecule has 3 heterocycles. The number of amides is 1. The van der Waals surface area contributed by atoms with Crippen LogP contribution in [-0.4, -0.2) is 53.4 Å². The predicted molar refractivity (Wildman–Crippen MR) is 86.8 cm³/mol. The average Bonchev–Trinajstić information content (AvgIpc) is 2.77. The summed E-state index contributed by atoms with van der Waals surface area (Å²) in [6.45, 7) is 6.63. The van der Waals surface area contributed by atoms with E-state index in [2.05, 4.69) is 23.9 Å². The number of pyridine rings is 1. The first-order valence-electron chi connectivity index (χ1n) is 7.12. The zero-order valence-electron chi connectivity index (χ0n) is 12.6. The Bertz CT molecular complexity index is 696. The lowest BCUT2D eigenvalue weighted by atomic mass is 10.1. The van der Waals surface area contributed by atoms with E-state index in [1.165, 1.54) is 11.3 Å². The molecule has 0 aliphatic carbocycles. The predicted octanol–water partition coefficient (Wildman–Crippen LogP) is 1.96. The molecule has 1 fully saturated rings. The molecule has 112 valence electrons. The van der Waals surface area contributed by atoms with Crippen LogP contribution in [0.3, 0.4) is 0 Å². The van der Waals surface area contributed by atoms with Crippen molar-refractivity contribution < 1.29 is 4.79 Å². The molecule has 5 nitrogen and oxygen atoms in total. The number of thiophene rings is 1. The number of nitrogen functional groups attached to an aromatic ring is 1. The van der Waals surface area contributed by atoms with E-state index in [-0.39, 0.29) is 11.9 Å². The SMILES string of the molecule is Cc1ccnc2sc(C(=O)N3CCN(C)CC3C)c(N)c12. The molecule has 0 bridgehead atoms. The van der Waals surface area contributed by atoms with E-state index >= 15 is 0 Å². The molecule has 1 aliphatic heterocycles. The minimum atomic E-state index is 0.0375. The number of nitrogens with two attached hydrogens (primary N) is 1. The van der Waals surface area contributed by atoms with E-state index in [1.807, 2.05) is 17.9 Å². The summed E-state index contributed by atoms with van der Waals surface area (Å²) in [6, 6.07) is 2.13. The minimum absolute atomic E-state index is 0.0375. The number of likely N-dealkylation sites (N-methyl/N-ethyl adjacent to an activating group) is 1. The van der Waals surface area contributed by atoms with Crippen molar-refractivity contribution in [2.24, 2.45) is 0 Å². The Hall–Kier alpha value is -1.66. The maximum atomic E-state index is 12.8. The van der Waals surface area contributed by atoms with Crippen molar-refractivity contribution in [2.75, 3.05) is 32.4 Å². The van der Waals surface area contributed by atoms with Gasteiger partial charge in [-0.2, -0.15) is 0 Å². The van der Waals surface area contributed by atoms with Crippen molar-refractivity contribution in [3.8, 4) is 0 Å². The molecule has 0 spiro atoms. The van der Waals surface area contributed by atoms with Crippen molar-refractivity contribution in [3.05, 3.63) is 22.7 Å². The standard InChI is InChI=1S/C15H20N4OS/c1-9-4-5-17-14-11(9)12(16)13(21-14)15(20)19-7-6-18(3)8-10(19)2/h4-5,10H,6-8,16H2,1-3H3.